The molecule has 0 bridgehead atoms. The van der Waals surface area contributed by atoms with Gasteiger partial charge in [0.1, 0.15) is 0 Å². The van der Waals surface area contributed by atoms with Crippen LogP contribution in [0.1, 0.15) is 12.6 Å². The van der Waals surface area contributed by atoms with Gasteiger partial charge in [-0.3, -0.25) is 4.68 Å². The highest BCUT2D eigenvalue weighted by molar-refractivity contribution is 9.10. The molecule has 0 saturated heterocycles. The fourth-order valence-corrected chi connectivity index (χ4v) is 2.72. The smallest absolute Gasteiger partial charge is 0.171 e. The van der Waals surface area contributed by atoms with Gasteiger partial charge in [0.05, 0.1) is 33.6 Å². The lowest BCUT2D eigenvalue weighted by Crippen LogP contribution is -2.29. The SMILES string of the molecule is CCn1ncc(Br)c1CNC(=S)Nc1cc(Cl)ccc1Cl. The van der Waals surface area contributed by atoms with E-state index in [1.54, 1.807) is 24.4 Å². The summed E-state index contributed by atoms with van der Waals surface area (Å²) in [4.78, 5) is 0. The molecule has 0 aliphatic carbocycles. The Labute approximate surface area is 146 Å². The Morgan fingerprint density at radius 1 is 1.43 bits per heavy atom. The Kier molecular flexibility index (Phi) is 5.87. The highest BCUT2D eigenvalue weighted by Gasteiger charge is 2.09. The number of hydrogen-bond acceptors (Lipinski definition) is 2. The van der Waals surface area contributed by atoms with Gasteiger partial charge in [-0.05, 0) is 53.3 Å². The molecular weight excluding hydrogens is 395 g/mol. The Balaban J connectivity index is 1.99. The minimum absolute atomic E-state index is 0.468. The number of anilines is 1. The molecule has 2 N–H and O–H groups in total. The second-order valence-corrected chi connectivity index (χ2v) is 6.29. The lowest BCUT2D eigenvalue weighted by molar-refractivity contribution is 0.613. The highest BCUT2D eigenvalue weighted by atomic mass is 79.9. The molecule has 0 unspecified atom stereocenters. The largest absolute Gasteiger partial charge is 0.357 e. The predicted molar refractivity (Wildman–Crippen MR) is 95.1 cm³/mol. The summed E-state index contributed by atoms with van der Waals surface area (Å²) >= 11 is 20.8. The molecular formula is C13H13BrCl2N4S. The van der Waals surface area contributed by atoms with Gasteiger partial charge in [0.2, 0.25) is 0 Å². The third-order valence-electron chi connectivity index (χ3n) is 2.79. The van der Waals surface area contributed by atoms with Gasteiger partial charge in [0.25, 0.3) is 0 Å². The van der Waals surface area contributed by atoms with Gasteiger partial charge >= 0.3 is 0 Å². The molecule has 0 aliphatic heterocycles. The number of benzene rings is 1. The Morgan fingerprint density at radius 2 is 2.19 bits per heavy atom. The van der Waals surface area contributed by atoms with Crippen LogP contribution >= 0.6 is 51.3 Å². The van der Waals surface area contributed by atoms with Crippen LogP contribution in [0, 0.1) is 0 Å². The van der Waals surface area contributed by atoms with Crippen molar-refractivity contribution in [2.75, 3.05) is 5.32 Å². The zero-order valence-corrected chi connectivity index (χ0v) is 15.1. The van der Waals surface area contributed by atoms with Crippen LogP contribution in [0.5, 0.6) is 0 Å². The topological polar surface area (TPSA) is 41.9 Å². The number of nitrogens with one attached hydrogen (secondary N) is 2. The zero-order chi connectivity index (χ0) is 15.4. The van der Waals surface area contributed by atoms with Crippen LogP contribution in [0.25, 0.3) is 0 Å². The van der Waals surface area contributed by atoms with Crippen molar-refractivity contribution in [2.24, 2.45) is 0 Å². The molecule has 2 rings (SSSR count). The van der Waals surface area contributed by atoms with Gasteiger partial charge < -0.3 is 10.6 Å². The molecule has 0 atom stereocenters. The van der Waals surface area contributed by atoms with Crippen molar-refractivity contribution in [1.82, 2.24) is 15.1 Å². The molecule has 0 fully saturated rings. The van der Waals surface area contributed by atoms with E-state index < -0.39 is 0 Å². The van der Waals surface area contributed by atoms with Gasteiger partial charge in [-0.2, -0.15) is 5.10 Å². The minimum Gasteiger partial charge on any atom is -0.357 e. The monoisotopic (exact) mass is 406 g/mol. The van der Waals surface area contributed by atoms with Crippen molar-refractivity contribution in [1.29, 1.82) is 0 Å². The molecule has 0 amide bonds. The van der Waals surface area contributed by atoms with Crippen LogP contribution in [0.4, 0.5) is 5.69 Å². The van der Waals surface area contributed by atoms with E-state index in [9.17, 15) is 0 Å². The van der Waals surface area contributed by atoms with E-state index >= 15 is 0 Å². The van der Waals surface area contributed by atoms with Gasteiger partial charge in [-0.1, -0.05) is 23.2 Å². The summed E-state index contributed by atoms with van der Waals surface area (Å²) in [5.74, 6) is 0. The molecule has 0 radical (unpaired) electrons. The molecule has 1 aromatic heterocycles. The third-order valence-corrected chi connectivity index (χ3v) is 4.26. The van der Waals surface area contributed by atoms with Crippen molar-refractivity contribution >= 4 is 62.1 Å². The van der Waals surface area contributed by atoms with E-state index in [1.807, 2.05) is 11.6 Å². The lowest BCUT2D eigenvalue weighted by Gasteiger charge is -2.13. The van der Waals surface area contributed by atoms with Crippen molar-refractivity contribution in [2.45, 2.75) is 20.0 Å². The molecule has 0 saturated carbocycles. The maximum Gasteiger partial charge on any atom is 0.171 e. The number of aryl methyl sites for hydroxylation is 1. The summed E-state index contributed by atoms with van der Waals surface area (Å²) in [7, 11) is 0. The minimum atomic E-state index is 0.468. The number of aromatic nitrogens is 2. The molecule has 21 heavy (non-hydrogen) atoms. The number of nitrogens with zero attached hydrogens (tertiary/aromatic N) is 2. The maximum absolute atomic E-state index is 6.08. The quantitative estimate of drug-likeness (QED) is 0.734. The Hall–Kier alpha value is -0.820. The number of halogens is 3. The van der Waals surface area contributed by atoms with Crippen molar-refractivity contribution in [3.8, 4) is 0 Å². The molecule has 8 heteroatoms. The fraction of sp³-hybridized carbons (Fsp3) is 0.231. The first-order valence-electron chi connectivity index (χ1n) is 6.21. The van der Waals surface area contributed by atoms with E-state index in [0.29, 0.717) is 27.4 Å². The third kappa shape index (κ3) is 4.32. The number of thiocarbonyl (C=S) groups is 1. The van der Waals surface area contributed by atoms with Gasteiger partial charge in [0, 0.05) is 11.6 Å². The van der Waals surface area contributed by atoms with Gasteiger partial charge in [-0.25, -0.2) is 0 Å². The molecule has 0 spiro atoms. The predicted octanol–water partition coefficient (Wildman–Crippen LogP) is 4.46. The standard InChI is InChI=1S/C13H13BrCl2N4S/c1-2-20-12(9(14)6-18-20)7-17-13(21)19-11-5-8(15)3-4-10(11)16/h3-6H,2,7H2,1H3,(H2,17,19,21). The molecule has 2 aromatic rings. The maximum atomic E-state index is 6.08. The van der Waals surface area contributed by atoms with E-state index in [2.05, 4.69) is 31.7 Å². The zero-order valence-electron chi connectivity index (χ0n) is 11.2. The van der Waals surface area contributed by atoms with Crippen LogP contribution < -0.4 is 10.6 Å². The first-order chi connectivity index (χ1) is 10.0. The van der Waals surface area contributed by atoms with E-state index in [4.69, 9.17) is 35.4 Å². The van der Waals surface area contributed by atoms with Crippen molar-refractivity contribution < 1.29 is 0 Å². The molecule has 112 valence electrons. The Morgan fingerprint density at radius 3 is 2.90 bits per heavy atom. The van der Waals surface area contributed by atoms with Crippen LogP contribution in [0.15, 0.2) is 28.9 Å². The average molecular weight is 408 g/mol. The van der Waals surface area contributed by atoms with Crippen molar-refractivity contribution in [3.05, 3.63) is 44.6 Å². The van der Waals surface area contributed by atoms with E-state index in [-0.39, 0.29) is 0 Å². The second kappa shape index (κ2) is 7.45. The number of hydrogen-bond donors (Lipinski definition) is 2. The fourth-order valence-electron chi connectivity index (χ4n) is 1.76. The summed E-state index contributed by atoms with van der Waals surface area (Å²) in [6.07, 6.45) is 1.77. The lowest BCUT2D eigenvalue weighted by atomic mass is 10.3. The first kappa shape index (κ1) is 16.5. The van der Waals surface area contributed by atoms with E-state index in [1.165, 1.54) is 0 Å². The normalized spacial score (nSPS) is 10.5. The second-order valence-electron chi connectivity index (χ2n) is 4.19. The van der Waals surface area contributed by atoms with Crippen molar-refractivity contribution in [3.63, 3.8) is 0 Å². The summed E-state index contributed by atoms with van der Waals surface area (Å²) in [6, 6.07) is 5.17. The van der Waals surface area contributed by atoms with Crippen LogP contribution in [0.3, 0.4) is 0 Å². The Bertz CT molecular complexity index is 660. The van der Waals surface area contributed by atoms with Crippen LogP contribution in [-0.4, -0.2) is 14.9 Å². The highest BCUT2D eigenvalue weighted by Crippen LogP contribution is 2.25. The summed E-state index contributed by atoms with van der Waals surface area (Å²) in [5.41, 5.74) is 1.70. The molecule has 4 nitrogen and oxygen atoms in total. The average Bonchev–Trinajstić information content (AvgIpc) is 2.81. The van der Waals surface area contributed by atoms with Gasteiger partial charge in [-0.15, -0.1) is 0 Å². The van der Waals surface area contributed by atoms with Gasteiger partial charge in [0.15, 0.2) is 5.11 Å². The summed E-state index contributed by atoms with van der Waals surface area (Å²) in [5, 5.41) is 12.0. The first-order valence-corrected chi connectivity index (χ1v) is 8.17. The number of rotatable bonds is 4. The summed E-state index contributed by atoms with van der Waals surface area (Å²) in [6.45, 7) is 3.38. The molecule has 1 aromatic carbocycles. The van der Waals surface area contributed by atoms with Crippen LogP contribution in [0.2, 0.25) is 10.0 Å². The van der Waals surface area contributed by atoms with Crippen LogP contribution in [-0.2, 0) is 13.1 Å². The van der Waals surface area contributed by atoms with E-state index in [0.717, 1.165) is 16.7 Å². The molecule has 1 heterocycles. The summed E-state index contributed by atoms with van der Waals surface area (Å²) < 4.78 is 2.84. The molecule has 0 aliphatic rings.